The van der Waals surface area contributed by atoms with Crippen LogP contribution in [0.25, 0.3) is 11.5 Å². The lowest BCUT2D eigenvalue weighted by atomic mass is 9.73. The number of carbonyl (C=O) groups excluding carboxylic acids is 1. The summed E-state index contributed by atoms with van der Waals surface area (Å²) in [6.07, 6.45) is 4.27. The summed E-state index contributed by atoms with van der Waals surface area (Å²) in [5.74, 6) is -0.698. The van der Waals surface area contributed by atoms with Crippen LogP contribution in [0.1, 0.15) is 65.7 Å². The predicted molar refractivity (Wildman–Crippen MR) is 114 cm³/mol. The fourth-order valence-corrected chi connectivity index (χ4v) is 3.29. The second-order valence-electron chi connectivity index (χ2n) is 7.56. The van der Waals surface area contributed by atoms with Gasteiger partial charge in [0.2, 0.25) is 17.6 Å². The third-order valence-corrected chi connectivity index (χ3v) is 5.36. The highest BCUT2D eigenvalue weighted by molar-refractivity contribution is 5.89. The molecule has 1 unspecified atom stereocenters. The Morgan fingerprint density at radius 2 is 2.03 bits per heavy atom. The molecule has 9 nitrogen and oxygen atoms in total. The van der Waals surface area contributed by atoms with Gasteiger partial charge in [-0.2, -0.15) is 4.98 Å². The lowest BCUT2D eigenvalue weighted by Crippen LogP contribution is -2.33. The zero-order valence-electron chi connectivity index (χ0n) is 18.4. The van der Waals surface area contributed by atoms with E-state index in [1.165, 1.54) is 12.3 Å². The molecule has 0 bridgehead atoms. The molecule has 1 amide bonds. The number of nitrogens with one attached hydrogen (secondary N) is 1. The maximum absolute atomic E-state index is 12.4. The van der Waals surface area contributed by atoms with Crippen LogP contribution in [0.3, 0.4) is 0 Å². The Morgan fingerprint density at radius 3 is 2.65 bits per heavy atom. The van der Waals surface area contributed by atoms with E-state index >= 15 is 0 Å². The summed E-state index contributed by atoms with van der Waals surface area (Å²) in [4.78, 5) is 32.1. The molecule has 0 aromatic carbocycles. The molecule has 1 aliphatic rings. The monoisotopic (exact) mass is 430 g/mol. The smallest absolute Gasteiger partial charge is 0.333 e. The highest BCUT2D eigenvalue weighted by atomic mass is 16.5. The van der Waals surface area contributed by atoms with Gasteiger partial charge in [-0.25, -0.2) is 9.78 Å². The molecule has 0 aliphatic heterocycles. The molecule has 0 saturated carbocycles. The number of pyridine rings is 1. The minimum absolute atomic E-state index is 0.0138. The fraction of sp³-hybridized carbons (Fsp3) is 0.500. The van der Waals surface area contributed by atoms with Gasteiger partial charge in [-0.05, 0) is 36.8 Å². The molecule has 31 heavy (non-hydrogen) atoms. The number of allylic oxidation sites excluding steroid dienone is 1. The number of carboxylic acids is 1. The van der Waals surface area contributed by atoms with Crippen LogP contribution in [0.2, 0.25) is 0 Å². The molecule has 168 valence electrons. The van der Waals surface area contributed by atoms with Crippen LogP contribution in [-0.4, -0.2) is 37.2 Å². The molecule has 9 heteroatoms. The Hall–Kier alpha value is -3.23. The van der Waals surface area contributed by atoms with Crippen molar-refractivity contribution in [2.75, 3.05) is 0 Å². The van der Waals surface area contributed by atoms with Crippen molar-refractivity contribution in [2.24, 2.45) is 5.41 Å². The van der Waals surface area contributed by atoms with Gasteiger partial charge in [0, 0.05) is 18.5 Å². The molecule has 1 aliphatic carbocycles. The van der Waals surface area contributed by atoms with Crippen molar-refractivity contribution < 1.29 is 24.3 Å². The molecule has 3 rings (SSSR count). The molecule has 1 atom stereocenters. The minimum Gasteiger partial charge on any atom is -0.506 e. The Balaban J connectivity index is 0.00000166. The van der Waals surface area contributed by atoms with Crippen LogP contribution in [0.4, 0.5) is 0 Å². The lowest BCUT2D eigenvalue weighted by molar-refractivity contribution is -0.133. The van der Waals surface area contributed by atoms with Gasteiger partial charge in [0.1, 0.15) is 11.4 Å². The van der Waals surface area contributed by atoms with E-state index in [1.54, 1.807) is 6.07 Å². The molecule has 0 fully saturated rings. The first-order valence-corrected chi connectivity index (χ1v) is 10.5. The largest absolute Gasteiger partial charge is 0.506 e. The quantitative estimate of drug-likeness (QED) is 0.602. The first-order valence-electron chi connectivity index (χ1n) is 10.5. The second kappa shape index (κ2) is 10.7. The SMILES string of the molecule is CC.CCC1(C)CCC(C(=O)O)=C(NC(=O)CCc2nc(-c3ccc(O)cn3)no2)C1. The van der Waals surface area contributed by atoms with Crippen molar-refractivity contribution in [3.8, 4) is 17.3 Å². The van der Waals surface area contributed by atoms with Crippen LogP contribution in [0.5, 0.6) is 5.75 Å². The van der Waals surface area contributed by atoms with Crippen molar-refractivity contribution in [3.63, 3.8) is 0 Å². The average molecular weight is 431 g/mol. The van der Waals surface area contributed by atoms with Crippen molar-refractivity contribution in [1.82, 2.24) is 20.4 Å². The Kier molecular flexibility index (Phi) is 8.30. The highest BCUT2D eigenvalue weighted by Crippen LogP contribution is 2.40. The van der Waals surface area contributed by atoms with E-state index in [2.05, 4.69) is 34.3 Å². The predicted octanol–water partition coefficient (Wildman–Crippen LogP) is 3.85. The van der Waals surface area contributed by atoms with Crippen LogP contribution in [0, 0.1) is 5.41 Å². The molecule has 0 radical (unpaired) electrons. The van der Waals surface area contributed by atoms with Gasteiger partial charge in [0.25, 0.3) is 0 Å². The molecule has 0 spiro atoms. The number of hydrogen-bond acceptors (Lipinski definition) is 7. The summed E-state index contributed by atoms with van der Waals surface area (Å²) >= 11 is 0. The van der Waals surface area contributed by atoms with Crippen molar-refractivity contribution in [2.45, 2.75) is 66.2 Å². The van der Waals surface area contributed by atoms with E-state index < -0.39 is 5.97 Å². The standard InChI is InChI=1S/C20H24N4O5.C2H6/c1-3-20(2)9-8-13(19(27)28)15(10-20)22-16(26)6-7-17-23-18(24-29-17)14-5-4-12(25)11-21-14;1-2/h4-5,11,25H,3,6-10H2,1-2H3,(H,22,26)(H,27,28);1-2H3. The van der Waals surface area contributed by atoms with E-state index in [0.29, 0.717) is 24.2 Å². The molecule has 2 aromatic heterocycles. The summed E-state index contributed by atoms with van der Waals surface area (Å²) < 4.78 is 5.15. The summed E-state index contributed by atoms with van der Waals surface area (Å²) in [5, 5.41) is 25.3. The van der Waals surface area contributed by atoms with Gasteiger partial charge in [0.15, 0.2) is 0 Å². The van der Waals surface area contributed by atoms with Crippen molar-refractivity contribution in [1.29, 1.82) is 0 Å². The third-order valence-electron chi connectivity index (χ3n) is 5.36. The molecular formula is C22H30N4O5. The van der Waals surface area contributed by atoms with Gasteiger partial charge in [-0.15, -0.1) is 0 Å². The van der Waals surface area contributed by atoms with Gasteiger partial charge in [0.05, 0.1) is 11.8 Å². The minimum atomic E-state index is -0.985. The van der Waals surface area contributed by atoms with Gasteiger partial charge in [-0.3, -0.25) is 4.79 Å². The van der Waals surface area contributed by atoms with E-state index in [1.807, 2.05) is 13.8 Å². The summed E-state index contributed by atoms with van der Waals surface area (Å²) in [6, 6.07) is 3.03. The number of hydrogen-bond donors (Lipinski definition) is 3. The molecular weight excluding hydrogens is 400 g/mol. The van der Waals surface area contributed by atoms with E-state index in [9.17, 15) is 19.8 Å². The normalized spacial score (nSPS) is 18.2. The van der Waals surface area contributed by atoms with Crippen LogP contribution in [0.15, 0.2) is 34.1 Å². The molecule has 2 heterocycles. The van der Waals surface area contributed by atoms with Gasteiger partial charge < -0.3 is 20.1 Å². The molecule has 0 saturated heterocycles. The first-order chi connectivity index (χ1) is 14.8. The number of aryl methyl sites for hydroxylation is 1. The summed E-state index contributed by atoms with van der Waals surface area (Å²) in [7, 11) is 0. The number of amides is 1. The zero-order chi connectivity index (χ0) is 23.0. The third kappa shape index (κ3) is 6.37. The summed E-state index contributed by atoms with van der Waals surface area (Å²) in [5.41, 5.74) is 1.21. The Morgan fingerprint density at radius 1 is 1.29 bits per heavy atom. The summed E-state index contributed by atoms with van der Waals surface area (Å²) in [6.45, 7) is 8.18. The fourth-order valence-electron chi connectivity index (χ4n) is 3.29. The number of nitrogens with zero attached hydrogens (tertiary/aromatic N) is 3. The van der Waals surface area contributed by atoms with Crippen LogP contribution >= 0.6 is 0 Å². The van der Waals surface area contributed by atoms with E-state index in [0.717, 1.165) is 12.8 Å². The first kappa shape index (κ1) is 24.0. The maximum atomic E-state index is 12.4. The topological polar surface area (TPSA) is 138 Å². The number of aliphatic carboxylic acids is 1. The average Bonchev–Trinajstić information content (AvgIpc) is 3.23. The number of carboxylic acid groups (broad SMARTS) is 1. The lowest BCUT2D eigenvalue weighted by Gasteiger charge is -2.34. The van der Waals surface area contributed by atoms with Crippen LogP contribution < -0.4 is 5.32 Å². The Labute approximate surface area is 181 Å². The molecule has 3 N–H and O–H groups in total. The van der Waals surface area contributed by atoms with Crippen molar-refractivity contribution in [3.05, 3.63) is 35.5 Å². The molecule has 2 aromatic rings. The van der Waals surface area contributed by atoms with E-state index in [4.69, 9.17) is 4.52 Å². The Bertz CT molecular complexity index is 936. The number of aromatic nitrogens is 3. The van der Waals surface area contributed by atoms with Gasteiger partial charge >= 0.3 is 5.97 Å². The second-order valence-corrected chi connectivity index (χ2v) is 7.56. The number of carbonyl (C=O) groups is 2. The van der Waals surface area contributed by atoms with E-state index in [-0.39, 0.29) is 47.2 Å². The number of rotatable bonds is 7. The zero-order valence-corrected chi connectivity index (χ0v) is 18.4. The highest BCUT2D eigenvalue weighted by Gasteiger charge is 2.32. The van der Waals surface area contributed by atoms with Gasteiger partial charge in [-0.1, -0.05) is 39.3 Å². The number of aromatic hydroxyl groups is 1. The van der Waals surface area contributed by atoms with Crippen molar-refractivity contribution >= 4 is 11.9 Å². The maximum Gasteiger partial charge on any atom is 0.333 e. The van der Waals surface area contributed by atoms with Crippen LogP contribution in [-0.2, 0) is 16.0 Å².